The normalized spacial score (nSPS) is 13.8. The van der Waals surface area contributed by atoms with Crippen molar-refractivity contribution in [2.45, 2.75) is 490 Å². The molecule has 0 bridgehead atoms. The molecular weight excluding hydrogens is 1390 g/mol. The Labute approximate surface area is 658 Å². The molecule has 0 saturated heterocycles. The number of aliphatic hydroxyl groups excluding tert-OH is 1. The molecule has 0 heterocycles. The van der Waals surface area contributed by atoms with Gasteiger partial charge in [0, 0.05) is 25.7 Å². The van der Waals surface area contributed by atoms with E-state index in [0.717, 1.165) is 108 Å². The third-order valence-corrected chi connectivity index (χ3v) is 22.6. The van der Waals surface area contributed by atoms with Crippen molar-refractivity contribution >= 4 is 39.5 Å². The van der Waals surface area contributed by atoms with Crippen LogP contribution in [-0.2, 0) is 65.4 Å². The van der Waals surface area contributed by atoms with E-state index in [-0.39, 0.29) is 25.7 Å². The highest BCUT2D eigenvalue weighted by Crippen LogP contribution is 2.45. The van der Waals surface area contributed by atoms with E-state index in [0.29, 0.717) is 25.7 Å². The average Bonchev–Trinajstić information content (AvgIpc) is 0.908. The van der Waals surface area contributed by atoms with Gasteiger partial charge in [-0.2, -0.15) is 0 Å². The maximum atomic E-state index is 13.1. The highest BCUT2D eigenvalue weighted by Gasteiger charge is 2.30. The molecular formula is C88H172O17P2. The van der Waals surface area contributed by atoms with Crippen molar-refractivity contribution < 1.29 is 80.2 Å². The molecule has 0 radical (unpaired) electrons. The smallest absolute Gasteiger partial charge is 0.462 e. The second kappa shape index (κ2) is 79.3. The van der Waals surface area contributed by atoms with Gasteiger partial charge in [0.15, 0.2) is 12.2 Å². The molecule has 0 aromatic heterocycles. The summed E-state index contributed by atoms with van der Waals surface area (Å²) < 4.78 is 68.7. The number of rotatable bonds is 87. The topological polar surface area (TPSA) is 237 Å². The van der Waals surface area contributed by atoms with E-state index in [1.807, 2.05) is 0 Å². The van der Waals surface area contributed by atoms with Gasteiger partial charge in [0.05, 0.1) is 26.4 Å². The number of unbranched alkanes of at least 4 members (excludes halogenated alkanes) is 57. The number of phosphoric ester groups is 2. The lowest BCUT2D eigenvalue weighted by Gasteiger charge is -2.21. The summed E-state index contributed by atoms with van der Waals surface area (Å²) in [5.41, 5.74) is 0. The number of hydrogen-bond acceptors (Lipinski definition) is 15. The molecule has 0 aromatic rings. The standard InChI is InChI=1S/C88H172O17P2/c1-7-9-11-13-14-15-16-17-18-19-20-21-29-34-39-44-49-54-60-66-72-87(92)104-83(76-98-85(90)70-64-56-12-10-8-2)78-102-106(94,95)100-74-82(89)75-101-107(96,97)103-79-84(105-88(93)73-67-61-55-50-45-40-35-30-25-23-27-32-37-42-47-52-58-63-69-81(5)6)77-99-86(91)71-65-59-53-48-43-38-33-28-24-22-26-31-36-41-46-51-57-62-68-80(3)4/h80-84,89H,7-79H2,1-6H3,(H,94,95)(H,96,97)/t82-,83+,84+/m0/s1. The van der Waals surface area contributed by atoms with Crippen molar-refractivity contribution in [3.05, 3.63) is 0 Å². The van der Waals surface area contributed by atoms with Crippen molar-refractivity contribution in [2.24, 2.45) is 11.8 Å². The van der Waals surface area contributed by atoms with Crippen LogP contribution in [0.25, 0.3) is 0 Å². The van der Waals surface area contributed by atoms with Crippen LogP contribution in [0.5, 0.6) is 0 Å². The third kappa shape index (κ3) is 81.9. The minimum absolute atomic E-state index is 0.108. The summed E-state index contributed by atoms with van der Waals surface area (Å²) in [6.45, 7) is 9.66. The van der Waals surface area contributed by atoms with Crippen LogP contribution in [0.15, 0.2) is 0 Å². The van der Waals surface area contributed by atoms with Crippen LogP contribution in [0.1, 0.15) is 472 Å². The summed E-state index contributed by atoms with van der Waals surface area (Å²) in [5.74, 6) is -0.469. The van der Waals surface area contributed by atoms with Crippen molar-refractivity contribution in [2.75, 3.05) is 39.6 Å². The van der Waals surface area contributed by atoms with E-state index in [2.05, 4.69) is 41.5 Å². The fraction of sp³-hybridized carbons (Fsp3) is 0.955. The number of aliphatic hydroxyl groups is 1. The Kier molecular flexibility index (Phi) is 77.9. The molecule has 2 unspecified atom stereocenters. The molecule has 107 heavy (non-hydrogen) atoms. The average molecular weight is 1560 g/mol. The Morgan fingerprint density at radius 3 is 0.636 bits per heavy atom. The summed E-state index contributed by atoms with van der Waals surface area (Å²) in [5, 5.41) is 10.6. The molecule has 3 N–H and O–H groups in total. The fourth-order valence-corrected chi connectivity index (χ4v) is 15.4. The largest absolute Gasteiger partial charge is 0.472 e. The number of hydrogen-bond donors (Lipinski definition) is 3. The van der Waals surface area contributed by atoms with Crippen molar-refractivity contribution in [3.63, 3.8) is 0 Å². The van der Waals surface area contributed by atoms with Crippen molar-refractivity contribution in [3.8, 4) is 0 Å². The van der Waals surface area contributed by atoms with Crippen LogP contribution in [0.3, 0.4) is 0 Å². The predicted octanol–water partition coefficient (Wildman–Crippen LogP) is 27.0. The van der Waals surface area contributed by atoms with Gasteiger partial charge >= 0.3 is 39.5 Å². The van der Waals surface area contributed by atoms with Crippen molar-refractivity contribution in [1.82, 2.24) is 0 Å². The minimum Gasteiger partial charge on any atom is -0.462 e. The maximum Gasteiger partial charge on any atom is 0.472 e. The first-order valence-electron chi connectivity index (χ1n) is 45.5. The lowest BCUT2D eigenvalue weighted by atomic mass is 10.0. The fourth-order valence-electron chi connectivity index (χ4n) is 13.8. The Hall–Kier alpha value is -1.94. The molecule has 0 aliphatic carbocycles. The molecule has 0 aromatic carbocycles. The van der Waals surface area contributed by atoms with Crippen LogP contribution in [0, 0.1) is 11.8 Å². The number of carbonyl (C=O) groups excluding carboxylic acids is 4. The first-order chi connectivity index (χ1) is 51.9. The van der Waals surface area contributed by atoms with Gasteiger partial charge in [-0.15, -0.1) is 0 Å². The zero-order valence-electron chi connectivity index (χ0n) is 70.5. The molecule has 0 amide bonds. The minimum atomic E-state index is -4.96. The van der Waals surface area contributed by atoms with Gasteiger partial charge < -0.3 is 33.8 Å². The van der Waals surface area contributed by atoms with E-state index in [9.17, 15) is 43.2 Å². The number of esters is 4. The predicted molar refractivity (Wildman–Crippen MR) is 442 cm³/mol. The van der Waals surface area contributed by atoms with Crippen LogP contribution in [0.4, 0.5) is 0 Å². The Balaban J connectivity index is 5.08. The van der Waals surface area contributed by atoms with Gasteiger partial charge in [-0.05, 0) is 37.5 Å². The van der Waals surface area contributed by atoms with E-state index in [4.69, 9.17) is 37.0 Å². The van der Waals surface area contributed by atoms with Gasteiger partial charge in [-0.1, -0.05) is 420 Å². The van der Waals surface area contributed by atoms with Crippen LogP contribution < -0.4 is 0 Å². The molecule has 0 saturated carbocycles. The first kappa shape index (κ1) is 105. The zero-order chi connectivity index (χ0) is 78.5. The number of ether oxygens (including phenoxy) is 4. The SMILES string of the molecule is CCCCCCCCCCCCCCCCCCCCCCC(=O)O[C@H](COC(=O)CCCCCCC)COP(=O)(O)OC[C@H](O)COP(=O)(O)OC[C@@H](COC(=O)CCCCCCCCCCCCCCCCCCCCC(C)C)OC(=O)CCCCCCCCCCCCCCCCCCCCC(C)C. The molecule has 5 atom stereocenters. The summed E-state index contributed by atoms with van der Waals surface area (Å²) in [6, 6.07) is 0. The molecule has 19 heteroatoms. The molecule has 0 rings (SSSR count). The van der Waals surface area contributed by atoms with E-state index >= 15 is 0 Å². The summed E-state index contributed by atoms with van der Waals surface area (Å²) in [4.78, 5) is 73.0. The second-order valence-electron chi connectivity index (χ2n) is 32.6. The van der Waals surface area contributed by atoms with Gasteiger partial charge in [0.25, 0.3) is 0 Å². The molecule has 0 aliphatic rings. The van der Waals surface area contributed by atoms with E-state index in [1.54, 1.807) is 0 Å². The Bertz CT molecular complexity index is 2050. The Morgan fingerprint density at radius 2 is 0.430 bits per heavy atom. The van der Waals surface area contributed by atoms with Gasteiger partial charge in [-0.3, -0.25) is 37.3 Å². The molecule has 0 aliphatic heterocycles. The monoisotopic (exact) mass is 1560 g/mol. The number of carbonyl (C=O) groups is 4. The quantitative estimate of drug-likeness (QED) is 0.0222. The molecule has 0 fully saturated rings. The Morgan fingerprint density at radius 1 is 0.252 bits per heavy atom. The molecule has 0 spiro atoms. The lowest BCUT2D eigenvalue weighted by molar-refractivity contribution is -0.161. The summed E-state index contributed by atoms with van der Waals surface area (Å²) in [7, 11) is -9.92. The molecule has 17 nitrogen and oxygen atoms in total. The van der Waals surface area contributed by atoms with Gasteiger partial charge in [-0.25, -0.2) is 9.13 Å². The van der Waals surface area contributed by atoms with Gasteiger partial charge in [0.2, 0.25) is 0 Å². The summed E-state index contributed by atoms with van der Waals surface area (Å²) in [6.07, 6.45) is 72.9. The number of phosphoric acid groups is 2. The van der Waals surface area contributed by atoms with Gasteiger partial charge in [0.1, 0.15) is 19.3 Å². The zero-order valence-corrected chi connectivity index (χ0v) is 72.2. The molecule has 636 valence electrons. The first-order valence-corrected chi connectivity index (χ1v) is 48.5. The van der Waals surface area contributed by atoms with Crippen LogP contribution in [-0.4, -0.2) is 96.7 Å². The third-order valence-electron chi connectivity index (χ3n) is 20.7. The van der Waals surface area contributed by atoms with Crippen molar-refractivity contribution in [1.29, 1.82) is 0 Å². The van der Waals surface area contributed by atoms with Crippen LogP contribution in [0.2, 0.25) is 0 Å². The maximum absolute atomic E-state index is 13.1. The highest BCUT2D eigenvalue weighted by molar-refractivity contribution is 7.47. The van der Waals surface area contributed by atoms with E-state index < -0.39 is 97.5 Å². The van der Waals surface area contributed by atoms with E-state index in [1.165, 1.54) is 283 Å². The summed E-state index contributed by atoms with van der Waals surface area (Å²) >= 11 is 0. The lowest BCUT2D eigenvalue weighted by Crippen LogP contribution is -2.30. The second-order valence-corrected chi connectivity index (χ2v) is 35.5. The highest BCUT2D eigenvalue weighted by atomic mass is 31.2. The van der Waals surface area contributed by atoms with Crippen LogP contribution >= 0.6 is 15.6 Å².